The number of rotatable bonds is 6. The van der Waals surface area contributed by atoms with Crippen molar-refractivity contribution in [2.45, 2.75) is 72.6 Å². The van der Waals surface area contributed by atoms with Gasteiger partial charge in [-0.2, -0.15) is 0 Å². The molecule has 0 atom stereocenters. The van der Waals surface area contributed by atoms with E-state index in [1.54, 1.807) is 0 Å². The molecule has 0 saturated heterocycles. The van der Waals surface area contributed by atoms with Crippen LogP contribution in [0.15, 0.2) is 71.3 Å². The number of nitrogens with zero attached hydrogens (tertiary/aromatic N) is 1. The van der Waals surface area contributed by atoms with Gasteiger partial charge in [0, 0.05) is 28.3 Å². The first-order valence-corrected chi connectivity index (χ1v) is 14.7. The standard InChI is InChI=1S/C37H42NO/c1-22(2)20-37(21-23(3)4)30-12-10-9-11-27(30)28-15-16-32-34(35(28)37)29-14-13-25(7)33(36(29)39-32)31-19-26(24(5)6)17-18-38(31)8/h9-19,22-24H,20-21H2,1-8H3/q+1. The van der Waals surface area contributed by atoms with Crippen LogP contribution < -0.4 is 4.57 Å². The topological polar surface area (TPSA) is 17.0 Å². The Morgan fingerprint density at radius 3 is 2.23 bits per heavy atom. The minimum absolute atomic E-state index is 0.0299. The molecule has 0 saturated carbocycles. The van der Waals surface area contributed by atoms with Gasteiger partial charge in [0.05, 0.1) is 5.56 Å². The van der Waals surface area contributed by atoms with Gasteiger partial charge < -0.3 is 4.42 Å². The van der Waals surface area contributed by atoms with Crippen LogP contribution in [0.2, 0.25) is 0 Å². The van der Waals surface area contributed by atoms with Crippen LogP contribution in [0.4, 0.5) is 0 Å². The number of hydrogen-bond donors (Lipinski definition) is 0. The molecule has 0 spiro atoms. The van der Waals surface area contributed by atoms with Crippen molar-refractivity contribution in [3.8, 4) is 22.4 Å². The molecule has 0 unspecified atom stereocenters. The minimum Gasteiger partial charge on any atom is -0.455 e. The zero-order chi connectivity index (χ0) is 27.6. The van der Waals surface area contributed by atoms with Crippen LogP contribution in [-0.4, -0.2) is 0 Å². The van der Waals surface area contributed by atoms with E-state index in [9.17, 15) is 0 Å². The van der Waals surface area contributed by atoms with E-state index in [0.29, 0.717) is 17.8 Å². The van der Waals surface area contributed by atoms with E-state index in [2.05, 4.69) is 127 Å². The second-order valence-electron chi connectivity index (χ2n) is 13.0. The zero-order valence-corrected chi connectivity index (χ0v) is 24.9. The lowest BCUT2D eigenvalue weighted by Gasteiger charge is -2.36. The summed E-state index contributed by atoms with van der Waals surface area (Å²) in [5, 5.41) is 2.55. The molecule has 2 nitrogen and oxygen atoms in total. The fourth-order valence-corrected chi connectivity index (χ4v) is 7.43. The Bertz CT molecular complexity index is 1710. The van der Waals surface area contributed by atoms with Crippen molar-refractivity contribution < 1.29 is 8.98 Å². The fraction of sp³-hybridized carbons (Fsp3) is 0.378. The number of aryl methyl sites for hydroxylation is 2. The first kappa shape index (κ1) is 25.9. The summed E-state index contributed by atoms with van der Waals surface area (Å²) < 4.78 is 9.13. The van der Waals surface area contributed by atoms with E-state index in [1.807, 2.05) is 0 Å². The highest BCUT2D eigenvalue weighted by Gasteiger charge is 2.45. The average molecular weight is 517 g/mol. The number of hydrogen-bond acceptors (Lipinski definition) is 1. The highest BCUT2D eigenvalue weighted by atomic mass is 16.3. The summed E-state index contributed by atoms with van der Waals surface area (Å²) in [5.41, 5.74) is 12.7. The molecule has 0 amide bonds. The molecule has 2 aromatic heterocycles. The quantitative estimate of drug-likeness (QED) is 0.205. The third kappa shape index (κ3) is 3.94. The summed E-state index contributed by atoms with van der Waals surface area (Å²) in [6.07, 6.45) is 4.45. The lowest BCUT2D eigenvalue weighted by molar-refractivity contribution is -0.660. The molecule has 5 aromatic rings. The summed E-state index contributed by atoms with van der Waals surface area (Å²) in [5.74, 6) is 1.62. The molecule has 3 aromatic carbocycles. The Morgan fingerprint density at radius 2 is 1.54 bits per heavy atom. The van der Waals surface area contributed by atoms with Gasteiger partial charge in [-0.1, -0.05) is 84.0 Å². The van der Waals surface area contributed by atoms with Crippen LogP contribution in [-0.2, 0) is 12.5 Å². The SMILES string of the molecule is Cc1ccc2c(oc3ccc4c(c32)C(CC(C)C)(CC(C)C)c2ccccc2-4)c1-c1cc(C(C)C)cc[n+]1C. The van der Waals surface area contributed by atoms with E-state index >= 15 is 0 Å². The molecular weight excluding hydrogens is 474 g/mol. The van der Waals surface area contributed by atoms with Crippen LogP contribution in [0.25, 0.3) is 44.3 Å². The first-order chi connectivity index (χ1) is 18.6. The van der Waals surface area contributed by atoms with Crippen molar-refractivity contribution in [3.63, 3.8) is 0 Å². The molecule has 1 aliphatic rings. The molecular formula is C37H42NO+. The predicted molar refractivity (Wildman–Crippen MR) is 164 cm³/mol. The Morgan fingerprint density at radius 1 is 0.821 bits per heavy atom. The van der Waals surface area contributed by atoms with Gasteiger partial charge in [-0.3, -0.25) is 0 Å². The Balaban J connectivity index is 1.73. The third-order valence-electron chi connectivity index (χ3n) is 8.84. The molecule has 0 aliphatic heterocycles. The first-order valence-electron chi connectivity index (χ1n) is 14.7. The Kier molecular flexibility index (Phi) is 6.21. The highest BCUT2D eigenvalue weighted by Crippen LogP contribution is 2.58. The van der Waals surface area contributed by atoms with Gasteiger partial charge in [0.25, 0.3) is 0 Å². The predicted octanol–water partition coefficient (Wildman–Crippen LogP) is 9.87. The maximum Gasteiger partial charge on any atom is 0.216 e. The number of benzene rings is 3. The normalized spacial score (nSPS) is 14.2. The fourth-order valence-electron chi connectivity index (χ4n) is 7.43. The van der Waals surface area contributed by atoms with Crippen LogP contribution in [0.1, 0.15) is 82.6 Å². The second-order valence-corrected chi connectivity index (χ2v) is 13.0. The van der Waals surface area contributed by atoms with E-state index < -0.39 is 0 Å². The van der Waals surface area contributed by atoms with E-state index in [4.69, 9.17) is 4.42 Å². The van der Waals surface area contributed by atoms with Crippen molar-refractivity contribution in [1.29, 1.82) is 0 Å². The van der Waals surface area contributed by atoms with Crippen LogP contribution in [0, 0.1) is 18.8 Å². The van der Waals surface area contributed by atoms with Crippen LogP contribution >= 0.6 is 0 Å². The Labute approximate surface area is 233 Å². The van der Waals surface area contributed by atoms with Crippen LogP contribution in [0.5, 0.6) is 0 Å². The van der Waals surface area contributed by atoms with Crippen molar-refractivity contribution >= 4 is 21.9 Å². The van der Waals surface area contributed by atoms with Gasteiger partial charge in [0.1, 0.15) is 18.2 Å². The zero-order valence-electron chi connectivity index (χ0n) is 24.9. The lowest BCUT2D eigenvalue weighted by Crippen LogP contribution is -2.31. The molecule has 200 valence electrons. The molecule has 0 fully saturated rings. The largest absolute Gasteiger partial charge is 0.455 e. The van der Waals surface area contributed by atoms with Crippen LogP contribution in [0.3, 0.4) is 0 Å². The molecule has 39 heavy (non-hydrogen) atoms. The molecule has 2 heteroatoms. The van der Waals surface area contributed by atoms with E-state index in [0.717, 1.165) is 24.0 Å². The molecule has 0 radical (unpaired) electrons. The van der Waals surface area contributed by atoms with Gasteiger partial charge in [0.2, 0.25) is 5.69 Å². The van der Waals surface area contributed by atoms with Gasteiger partial charge in [-0.25, -0.2) is 4.57 Å². The maximum atomic E-state index is 6.89. The summed E-state index contributed by atoms with van der Waals surface area (Å²) in [6, 6.07) is 22.9. The minimum atomic E-state index is -0.0299. The molecule has 2 heterocycles. The number of aromatic nitrogens is 1. The van der Waals surface area contributed by atoms with E-state index in [1.165, 1.54) is 55.4 Å². The summed E-state index contributed by atoms with van der Waals surface area (Å²) in [4.78, 5) is 0. The monoisotopic (exact) mass is 516 g/mol. The number of furan rings is 1. The molecule has 6 rings (SSSR count). The van der Waals surface area contributed by atoms with Crippen molar-refractivity contribution in [2.75, 3.05) is 0 Å². The van der Waals surface area contributed by atoms with Gasteiger partial charge in [-0.05, 0) is 77.0 Å². The highest BCUT2D eigenvalue weighted by molar-refractivity contribution is 6.14. The molecule has 0 N–H and O–H groups in total. The van der Waals surface area contributed by atoms with Crippen molar-refractivity contribution in [2.24, 2.45) is 18.9 Å². The van der Waals surface area contributed by atoms with Gasteiger partial charge in [-0.15, -0.1) is 0 Å². The van der Waals surface area contributed by atoms with E-state index in [-0.39, 0.29) is 5.41 Å². The van der Waals surface area contributed by atoms with Crippen molar-refractivity contribution in [3.05, 3.63) is 89.1 Å². The van der Waals surface area contributed by atoms with Gasteiger partial charge in [0.15, 0.2) is 6.20 Å². The Hall–Kier alpha value is -3.39. The smallest absolute Gasteiger partial charge is 0.216 e. The lowest BCUT2D eigenvalue weighted by atomic mass is 9.67. The molecule has 1 aliphatic carbocycles. The number of fused-ring (bicyclic) bond motifs is 7. The third-order valence-corrected chi connectivity index (χ3v) is 8.84. The summed E-state index contributed by atoms with van der Waals surface area (Å²) in [6.45, 7) is 16.2. The number of pyridine rings is 1. The van der Waals surface area contributed by atoms with Crippen molar-refractivity contribution in [1.82, 2.24) is 0 Å². The average Bonchev–Trinajstić information content (AvgIpc) is 3.37. The van der Waals surface area contributed by atoms with Gasteiger partial charge >= 0.3 is 0 Å². The maximum absolute atomic E-state index is 6.89. The second kappa shape index (κ2) is 9.37. The summed E-state index contributed by atoms with van der Waals surface area (Å²) >= 11 is 0. The molecule has 0 bridgehead atoms. The summed E-state index contributed by atoms with van der Waals surface area (Å²) in [7, 11) is 2.14.